The standard InChI is InChI=1S/C27H35N5O7S2/c1-28-40(34,35)24-6-3-5-23(15-24)38-19-22(33)17-29-21-16-27(39-18-21)9-12-32(13-10-27)41(36,37)25-7-2-4-20(14-25)26-8-11-30-31-26/h2-8,11,14-15,21-22,28-29,33H,9-10,12-13,16-19H2,1H3,(H,30,31). The molecule has 41 heavy (non-hydrogen) atoms. The number of H-pyrrole nitrogens is 1. The third-order valence-corrected chi connectivity index (χ3v) is 10.9. The number of piperidine rings is 1. The molecule has 2 saturated heterocycles. The minimum absolute atomic E-state index is 0.0107. The van der Waals surface area contributed by atoms with Crippen molar-refractivity contribution in [1.82, 2.24) is 24.5 Å². The number of aliphatic hydroxyl groups is 1. The summed E-state index contributed by atoms with van der Waals surface area (Å²) in [5, 5.41) is 20.5. The van der Waals surface area contributed by atoms with E-state index in [-0.39, 0.29) is 29.0 Å². The van der Waals surface area contributed by atoms with E-state index in [1.54, 1.807) is 42.6 Å². The van der Waals surface area contributed by atoms with Gasteiger partial charge in [-0.2, -0.15) is 9.40 Å². The van der Waals surface area contributed by atoms with Gasteiger partial charge in [-0.15, -0.1) is 0 Å². The van der Waals surface area contributed by atoms with Crippen molar-refractivity contribution in [3.05, 3.63) is 60.8 Å². The Morgan fingerprint density at radius 3 is 2.61 bits per heavy atom. The second kappa shape index (κ2) is 12.2. The maximum atomic E-state index is 13.4. The highest BCUT2D eigenvalue weighted by atomic mass is 32.2. The SMILES string of the molecule is CNS(=O)(=O)c1cccc(OCC(O)CNC2COC3(CCN(S(=O)(=O)c4cccc(-c5ccn[nH]5)c4)CC3)C2)c1. The van der Waals surface area contributed by atoms with Crippen LogP contribution in [-0.2, 0) is 24.8 Å². The van der Waals surface area contributed by atoms with Crippen molar-refractivity contribution in [2.75, 3.05) is 39.9 Å². The van der Waals surface area contributed by atoms with Gasteiger partial charge in [0.15, 0.2) is 0 Å². The molecule has 0 amide bonds. The highest BCUT2D eigenvalue weighted by Gasteiger charge is 2.44. The van der Waals surface area contributed by atoms with E-state index in [9.17, 15) is 21.9 Å². The van der Waals surface area contributed by atoms with Crippen molar-refractivity contribution >= 4 is 20.0 Å². The van der Waals surface area contributed by atoms with Crippen LogP contribution in [0.5, 0.6) is 5.75 Å². The zero-order valence-corrected chi connectivity index (χ0v) is 24.3. The molecule has 0 aliphatic carbocycles. The Kier molecular flexibility index (Phi) is 8.80. The van der Waals surface area contributed by atoms with Crippen LogP contribution >= 0.6 is 0 Å². The highest BCUT2D eigenvalue weighted by molar-refractivity contribution is 7.89. The lowest BCUT2D eigenvalue weighted by Crippen LogP contribution is -2.47. The van der Waals surface area contributed by atoms with Crippen LogP contribution < -0.4 is 14.8 Å². The van der Waals surface area contributed by atoms with Crippen LogP contribution in [0.25, 0.3) is 11.3 Å². The van der Waals surface area contributed by atoms with Gasteiger partial charge in [-0.1, -0.05) is 18.2 Å². The number of rotatable bonds is 11. The third-order valence-electron chi connectivity index (χ3n) is 7.60. The van der Waals surface area contributed by atoms with Gasteiger partial charge in [0, 0.05) is 43.5 Å². The Morgan fingerprint density at radius 2 is 1.88 bits per heavy atom. The van der Waals surface area contributed by atoms with Gasteiger partial charge in [-0.05, 0) is 56.6 Å². The molecule has 3 heterocycles. The van der Waals surface area contributed by atoms with Crippen LogP contribution in [0.4, 0.5) is 0 Å². The summed E-state index contributed by atoms with van der Waals surface area (Å²) in [6, 6.07) is 14.7. The molecule has 2 fully saturated rings. The van der Waals surface area contributed by atoms with Crippen LogP contribution in [0.3, 0.4) is 0 Å². The van der Waals surface area contributed by atoms with Gasteiger partial charge < -0.3 is 19.9 Å². The number of nitrogens with zero attached hydrogens (tertiary/aromatic N) is 2. The predicted molar refractivity (Wildman–Crippen MR) is 151 cm³/mol. The molecule has 222 valence electrons. The average Bonchev–Trinajstić information content (AvgIpc) is 3.66. The second-order valence-corrected chi connectivity index (χ2v) is 14.2. The number of aromatic nitrogens is 2. The molecule has 4 N–H and O–H groups in total. The summed E-state index contributed by atoms with van der Waals surface area (Å²) in [7, 11) is -5.91. The van der Waals surface area contributed by atoms with Crippen molar-refractivity contribution in [2.45, 2.75) is 46.8 Å². The molecule has 2 atom stereocenters. The van der Waals surface area contributed by atoms with Gasteiger partial charge in [-0.25, -0.2) is 21.6 Å². The summed E-state index contributed by atoms with van der Waals surface area (Å²) in [5.74, 6) is 0.346. The number of aromatic amines is 1. The van der Waals surface area contributed by atoms with E-state index < -0.39 is 31.8 Å². The van der Waals surface area contributed by atoms with Crippen LogP contribution in [0.1, 0.15) is 19.3 Å². The monoisotopic (exact) mass is 605 g/mol. The predicted octanol–water partition coefficient (Wildman–Crippen LogP) is 1.33. The summed E-state index contributed by atoms with van der Waals surface area (Å²) in [6.07, 6.45) is 2.69. The molecule has 2 unspecified atom stereocenters. The van der Waals surface area contributed by atoms with E-state index in [0.29, 0.717) is 44.7 Å². The largest absolute Gasteiger partial charge is 0.491 e. The van der Waals surface area contributed by atoms with E-state index in [2.05, 4.69) is 20.2 Å². The lowest BCUT2D eigenvalue weighted by Gasteiger charge is -2.38. The van der Waals surface area contributed by atoms with Crippen LogP contribution in [-0.4, -0.2) is 94.1 Å². The maximum absolute atomic E-state index is 13.4. The Labute approximate surface area is 240 Å². The zero-order valence-electron chi connectivity index (χ0n) is 22.7. The number of nitrogens with one attached hydrogen (secondary N) is 3. The molecule has 0 saturated carbocycles. The minimum Gasteiger partial charge on any atom is -0.491 e. The number of ether oxygens (including phenoxy) is 2. The summed E-state index contributed by atoms with van der Waals surface area (Å²) in [4.78, 5) is 0.332. The summed E-state index contributed by atoms with van der Waals surface area (Å²) < 4.78 is 66.3. The molecule has 5 rings (SSSR count). The molecule has 12 nitrogen and oxygen atoms in total. The average molecular weight is 606 g/mol. The fraction of sp³-hybridized carbons (Fsp3) is 0.444. The van der Waals surface area contributed by atoms with Gasteiger partial charge in [0.05, 0.1) is 27.7 Å². The van der Waals surface area contributed by atoms with Crippen molar-refractivity contribution in [2.24, 2.45) is 0 Å². The van der Waals surface area contributed by atoms with E-state index in [4.69, 9.17) is 9.47 Å². The first kappa shape index (κ1) is 29.6. The first-order valence-electron chi connectivity index (χ1n) is 13.4. The van der Waals surface area contributed by atoms with Crippen LogP contribution in [0, 0.1) is 0 Å². The van der Waals surface area contributed by atoms with Gasteiger partial charge in [-0.3, -0.25) is 5.10 Å². The molecule has 0 radical (unpaired) electrons. The molecule has 2 aliphatic heterocycles. The number of aliphatic hydroxyl groups excluding tert-OH is 1. The molecule has 1 spiro atoms. The molecule has 2 aliphatic rings. The highest BCUT2D eigenvalue weighted by Crippen LogP contribution is 2.37. The van der Waals surface area contributed by atoms with E-state index in [0.717, 1.165) is 11.3 Å². The van der Waals surface area contributed by atoms with Crippen molar-refractivity contribution in [3.8, 4) is 17.0 Å². The molecule has 1 aromatic heterocycles. The van der Waals surface area contributed by atoms with Gasteiger partial charge in [0.25, 0.3) is 0 Å². The Balaban J connectivity index is 1.09. The Morgan fingerprint density at radius 1 is 1.12 bits per heavy atom. The van der Waals surface area contributed by atoms with Crippen molar-refractivity contribution < 1.29 is 31.4 Å². The minimum atomic E-state index is -3.65. The van der Waals surface area contributed by atoms with Crippen LogP contribution in [0.15, 0.2) is 70.6 Å². The third kappa shape index (κ3) is 6.80. The van der Waals surface area contributed by atoms with Crippen molar-refractivity contribution in [3.63, 3.8) is 0 Å². The van der Waals surface area contributed by atoms with E-state index in [1.807, 2.05) is 6.07 Å². The molecule has 0 bridgehead atoms. The number of benzene rings is 2. The number of hydrogen-bond acceptors (Lipinski definition) is 9. The lowest BCUT2D eigenvalue weighted by atomic mass is 9.88. The molecule has 14 heteroatoms. The van der Waals surface area contributed by atoms with E-state index >= 15 is 0 Å². The van der Waals surface area contributed by atoms with Gasteiger partial charge >= 0.3 is 0 Å². The molecule has 3 aromatic rings. The smallest absolute Gasteiger partial charge is 0.243 e. The Bertz CT molecular complexity index is 1540. The maximum Gasteiger partial charge on any atom is 0.243 e. The van der Waals surface area contributed by atoms with Gasteiger partial charge in [0.1, 0.15) is 18.5 Å². The fourth-order valence-electron chi connectivity index (χ4n) is 5.25. The van der Waals surface area contributed by atoms with Gasteiger partial charge in [0.2, 0.25) is 20.0 Å². The fourth-order valence-corrected chi connectivity index (χ4v) is 7.50. The molecular formula is C27H35N5O7S2. The first-order valence-corrected chi connectivity index (χ1v) is 16.3. The zero-order chi connectivity index (χ0) is 29.1. The lowest BCUT2D eigenvalue weighted by molar-refractivity contribution is -0.0312. The van der Waals surface area contributed by atoms with Crippen molar-refractivity contribution in [1.29, 1.82) is 0 Å². The Hall–Kier alpha value is -2.85. The molecule has 2 aromatic carbocycles. The van der Waals surface area contributed by atoms with Crippen LogP contribution in [0.2, 0.25) is 0 Å². The second-order valence-electron chi connectivity index (χ2n) is 10.4. The number of sulfonamides is 2. The molecular weight excluding hydrogens is 570 g/mol. The normalized spacial score (nSPS) is 20.3. The topological polar surface area (TPSA) is 163 Å². The summed E-state index contributed by atoms with van der Waals surface area (Å²) in [5.41, 5.74) is 1.11. The summed E-state index contributed by atoms with van der Waals surface area (Å²) >= 11 is 0. The first-order chi connectivity index (χ1) is 19.6. The van der Waals surface area contributed by atoms with E-state index in [1.165, 1.54) is 23.5 Å². The summed E-state index contributed by atoms with van der Waals surface area (Å²) in [6.45, 7) is 1.45. The quantitative estimate of drug-likeness (QED) is 0.253. The number of hydrogen-bond donors (Lipinski definition) is 4.